The van der Waals surface area contributed by atoms with Crippen LogP contribution in [0.4, 0.5) is 13.2 Å². The van der Waals surface area contributed by atoms with E-state index in [-0.39, 0.29) is 5.56 Å². The van der Waals surface area contributed by atoms with Gasteiger partial charge in [-0.1, -0.05) is 12.1 Å². The van der Waals surface area contributed by atoms with Gasteiger partial charge in [-0.05, 0) is 24.6 Å². The van der Waals surface area contributed by atoms with E-state index in [0.29, 0.717) is 0 Å². The molecule has 0 radical (unpaired) electrons. The summed E-state index contributed by atoms with van der Waals surface area (Å²) < 4.78 is 36.8. The maximum absolute atomic E-state index is 12.3. The van der Waals surface area contributed by atoms with Gasteiger partial charge in [-0.15, -0.1) is 0 Å². The van der Waals surface area contributed by atoms with Crippen molar-refractivity contribution >= 4 is 5.78 Å². The molecule has 0 saturated carbocycles. The van der Waals surface area contributed by atoms with Gasteiger partial charge in [-0.25, -0.2) is 0 Å². The number of halogens is 3. The van der Waals surface area contributed by atoms with Crippen LogP contribution in [-0.2, 0) is 11.0 Å². The third kappa shape index (κ3) is 2.79. The van der Waals surface area contributed by atoms with Crippen LogP contribution in [0.2, 0.25) is 0 Å². The predicted molar refractivity (Wildman–Crippen MR) is 47.1 cm³/mol. The molecule has 0 aromatic heterocycles. The van der Waals surface area contributed by atoms with E-state index in [1.54, 1.807) is 0 Å². The molecule has 0 heterocycles. The molecular formula is C10H9F3O2. The van der Waals surface area contributed by atoms with Crippen molar-refractivity contribution in [2.45, 2.75) is 19.2 Å². The minimum Gasteiger partial charge on any atom is -0.381 e. The van der Waals surface area contributed by atoms with Gasteiger partial charge < -0.3 is 5.11 Å². The van der Waals surface area contributed by atoms with Crippen LogP contribution in [0.15, 0.2) is 24.3 Å². The molecule has 0 amide bonds. The smallest absolute Gasteiger partial charge is 0.381 e. The lowest BCUT2D eigenvalue weighted by atomic mass is 10.0. The Morgan fingerprint density at radius 1 is 1.40 bits per heavy atom. The molecule has 82 valence electrons. The molecular weight excluding hydrogens is 209 g/mol. The molecule has 1 aromatic rings. The van der Waals surface area contributed by atoms with E-state index >= 15 is 0 Å². The largest absolute Gasteiger partial charge is 0.416 e. The van der Waals surface area contributed by atoms with Crippen molar-refractivity contribution in [3.05, 3.63) is 35.4 Å². The van der Waals surface area contributed by atoms with Crippen molar-refractivity contribution in [2.75, 3.05) is 0 Å². The molecule has 1 N–H and O–H groups in total. The van der Waals surface area contributed by atoms with Crippen LogP contribution in [0.3, 0.4) is 0 Å². The summed E-state index contributed by atoms with van der Waals surface area (Å²) in [5, 5.41) is 9.27. The number of alkyl halides is 3. The number of ketones is 1. The maximum Gasteiger partial charge on any atom is 0.416 e. The van der Waals surface area contributed by atoms with Gasteiger partial charge in [-0.3, -0.25) is 4.79 Å². The zero-order valence-electron chi connectivity index (χ0n) is 7.88. The lowest BCUT2D eigenvalue weighted by Gasteiger charge is -2.11. The van der Waals surface area contributed by atoms with E-state index < -0.39 is 23.6 Å². The van der Waals surface area contributed by atoms with Crippen molar-refractivity contribution in [3.8, 4) is 0 Å². The average Bonchev–Trinajstić information content (AvgIpc) is 2.15. The molecule has 0 bridgehead atoms. The molecule has 0 fully saturated rings. The minimum absolute atomic E-state index is 0.0441. The molecule has 1 rings (SSSR count). The summed E-state index contributed by atoms with van der Waals surface area (Å²) in [4.78, 5) is 10.8. The number of carbonyl (C=O) groups excluding carboxylic acids is 1. The zero-order valence-corrected chi connectivity index (χ0v) is 7.88. The van der Waals surface area contributed by atoms with E-state index in [0.717, 1.165) is 25.1 Å². The van der Waals surface area contributed by atoms with Crippen LogP contribution in [0, 0.1) is 0 Å². The van der Waals surface area contributed by atoms with Crippen molar-refractivity contribution in [1.29, 1.82) is 0 Å². The molecule has 1 atom stereocenters. The van der Waals surface area contributed by atoms with Crippen LogP contribution in [0.5, 0.6) is 0 Å². The molecule has 0 aliphatic rings. The van der Waals surface area contributed by atoms with Gasteiger partial charge in [0.1, 0.15) is 6.10 Å². The number of hydrogen-bond donors (Lipinski definition) is 1. The second kappa shape index (κ2) is 4.02. The third-order valence-corrected chi connectivity index (χ3v) is 1.91. The molecule has 1 unspecified atom stereocenters. The molecule has 5 heteroatoms. The predicted octanol–water partition coefficient (Wildman–Crippen LogP) is 2.33. The first kappa shape index (κ1) is 11.7. The quantitative estimate of drug-likeness (QED) is 0.827. The summed E-state index contributed by atoms with van der Waals surface area (Å²) in [6.45, 7) is 1.12. The average molecular weight is 218 g/mol. The summed E-state index contributed by atoms with van der Waals surface area (Å²) in [7, 11) is 0. The van der Waals surface area contributed by atoms with Crippen molar-refractivity contribution in [2.24, 2.45) is 0 Å². The normalized spacial score (nSPS) is 13.7. The molecule has 2 nitrogen and oxygen atoms in total. The topological polar surface area (TPSA) is 37.3 Å². The molecule has 0 aliphatic heterocycles. The monoisotopic (exact) mass is 218 g/mol. The van der Waals surface area contributed by atoms with Gasteiger partial charge in [0.05, 0.1) is 5.56 Å². The van der Waals surface area contributed by atoms with Gasteiger partial charge in [0.25, 0.3) is 0 Å². The van der Waals surface area contributed by atoms with Crippen molar-refractivity contribution in [1.82, 2.24) is 0 Å². The first-order valence-electron chi connectivity index (χ1n) is 4.18. The summed E-state index contributed by atoms with van der Waals surface area (Å²) >= 11 is 0. The molecule has 0 aliphatic carbocycles. The number of rotatable bonds is 2. The number of aliphatic hydroxyl groups excluding tert-OH is 1. The van der Waals surface area contributed by atoms with E-state index in [4.69, 9.17) is 0 Å². The van der Waals surface area contributed by atoms with Gasteiger partial charge >= 0.3 is 6.18 Å². The summed E-state index contributed by atoms with van der Waals surface area (Å²) in [5.74, 6) is -0.589. The highest BCUT2D eigenvalue weighted by molar-refractivity contribution is 5.81. The lowest BCUT2D eigenvalue weighted by molar-refractivity contribution is -0.138. The van der Waals surface area contributed by atoms with Crippen molar-refractivity contribution < 1.29 is 23.1 Å². The number of hydrogen-bond acceptors (Lipinski definition) is 2. The van der Waals surface area contributed by atoms with Crippen LogP contribution in [0.25, 0.3) is 0 Å². The molecule has 1 aromatic carbocycles. The Bertz CT molecular complexity index is 371. The second-order valence-electron chi connectivity index (χ2n) is 3.14. The summed E-state index contributed by atoms with van der Waals surface area (Å²) in [5.41, 5.74) is -0.919. The number of aliphatic hydroxyl groups is 1. The van der Waals surface area contributed by atoms with E-state index in [1.807, 2.05) is 0 Å². The van der Waals surface area contributed by atoms with E-state index in [1.165, 1.54) is 6.07 Å². The summed E-state index contributed by atoms with van der Waals surface area (Å²) in [6.07, 6.45) is -5.96. The Hall–Kier alpha value is -1.36. The molecule has 15 heavy (non-hydrogen) atoms. The van der Waals surface area contributed by atoms with Gasteiger partial charge in [-0.2, -0.15) is 13.2 Å². The Morgan fingerprint density at radius 3 is 2.47 bits per heavy atom. The van der Waals surface area contributed by atoms with Gasteiger partial charge in [0, 0.05) is 0 Å². The van der Waals surface area contributed by atoms with E-state index in [9.17, 15) is 23.1 Å². The Labute approximate surface area is 84.3 Å². The highest BCUT2D eigenvalue weighted by Gasteiger charge is 2.31. The maximum atomic E-state index is 12.3. The first-order valence-corrected chi connectivity index (χ1v) is 4.18. The Kier molecular flexibility index (Phi) is 3.14. The number of benzene rings is 1. The van der Waals surface area contributed by atoms with Gasteiger partial charge in [0.2, 0.25) is 0 Å². The van der Waals surface area contributed by atoms with Crippen molar-refractivity contribution in [3.63, 3.8) is 0 Å². The number of Topliss-reactive ketones (excluding diaryl/α,β-unsaturated/α-hetero) is 1. The minimum atomic E-state index is -4.47. The van der Waals surface area contributed by atoms with Gasteiger partial charge in [0.15, 0.2) is 5.78 Å². The molecule has 0 spiro atoms. The Morgan fingerprint density at radius 2 is 2.00 bits per heavy atom. The van der Waals surface area contributed by atoms with E-state index in [2.05, 4.69) is 0 Å². The Balaban J connectivity index is 3.08. The standard InChI is InChI=1S/C10H9F3O2/c1-6(14)9(15)7-3-2-4-8(5-7)10(11,12)13/h2-5,9,15H,1H3. The SMILES string of the molecule is CC(=O)C(O)c1cccc(C(F)(F)F)c1. The molecule has 0 saturated heterocycles. The second-order valence-corrected chi connectivity index (χ2v) is 3.14. The van der Waals surface area contributed by atoms with Crippen LogP contribution < -0.4 is 0 Å². The fourth-order valence-corrected chi connectivity index (χ4v) is 1.12. The van der Waals surface area contributed by atoms with Crippen LogP contribution >= 0.6 is 0 Å². The zero-order chi connectivity index (χ0) is 11.6. The van der Waals surface area contributed by atoms with Crippen LogP contribution in [0.1, 0.15) is 24.2 Å². The third-order valence-electron chi connectivity index (χ3n) is 1.91. The number of carbonyl (C=O) groups is 1. The fourth-order valence-electron chi connectivity index (χ4n) is 1.12. The fraction of sp³-hybridized carbons (Fsp3) is 0.300. The van der Waals surface area contributed by atoms with Crippen LogP contribution in [-0.4, -0.2) is 10.9 Å². The summed E-state index contributed by atoms with van der Waals surface area (Å²) in [6, 6.07) is 4.09. The first-order chi connectivity index (χ1) is 6.82. The highest BCUT2D eigenvalue weighted by atomic mass is 19.4. The highest BCUT2D eigenvalue weighted by Crippen LogP contribution is 2.30. The lowest BCUT2D eigenvalue weighted by Crippen LogP contribution is -2.10.